The number of benzene rings is 3. The van der Waals surface area contributed by atoms with Gasteiger partial charge in [-0.1, -0.05) is 90.0 Å². The number of hydrogen-bond acceptors (Lipinski definition) is 7. The second kappa shape index (κ2) is 19.0. The van der Waals surface area contributed by atoms with Crippen LogP contribution in [0.2, 0.25) is 0 Å². The van der Waals surface area contributed by atoms with E-state index in [1.54, 1.807) is 41.8 Å². The van der Waals surface area contributed by atoms with Crippen molar-refractivity contribution in [2.75, 3.05) is 26.2 Å². The van der Waals surface area contributed by atoms with Crippen LogP contribution in [0.5, 0.6) is 0 Å². The van der Waals surface area contributed by atoms with Gasteiger partial charge in [-0.2, -0.15) is 0 Å². The molecule has 0 aliphatic carbocycles. The fraction of sp³-hybridized carbons (Fsp3) is 0.271. The number of aryl methyl sites for hydroxylation is 2. The molecule has 8 heteroatoms. The van der Waals surface area contributed by atoms with Gasteiger partial charge in [-0.05, 0) is 109 Å². The molecule has 2 aliphatic heterocycles. The zero-order valence-corrected chi connectivity index (χ0v) is 32.8. The molecule has 1 amide bonds. The number of rotatable bonds is 10. The molecule has 0 saturated carbocycles. The van der Waals surface area contributed by atoms with E-state index in [2.05, 4.69) is 53.4 Å². The molecule has 56 heavy (non-hydrogen) atoms. The number of Topliss-reactive ketones (excluding diaryl/α,β-unsaturated/α-hetero) is 2. The van der Waals surface area contributed by atoms with Gasteiger partial charge in [0.15, 0.2) is 11.6 Å². The summed E-state index contributed by atoms with van der Waals surface area (Å²) in [7, 11) is 0. The van der Waals surface area contributed by atoms with Crippen LogP contribution in [0.4, 0.5) is 4.79 Å². The van der Waals surface area contributed by atoms with Gasteiger partial charge >= 0.3 is 6.09 Å². The number of aromatic nitrogens is 2. The molecule has 8 nitrogen and oxygen atoms in total. The molecule has 0 saturated heterocycles. The molecule has 286 valence electrons. The van der Waals surface area contributed by atoms with E-state index in [1.165, 1.54) is 22.3 Å². The van der Waals surface area contributed by atoms with Crippen molar-refractivity contribution in [2.24, 2.45) is 0 Å². The van der Waals surface area contributed by atoms with Gasteiger partial charge in [0.1, 0.15) is 6.61 Å². The molecule has 0 unspecified atom stereocenters. The Morgan fingerprint density at radius 1 is 0.643 bits per heavy atom. The van der Waals surface area contributed by atoms with Gasteiger partial charge in [-0.15, -0.1) is 0 Å². The molecule has 0 atom stereocenters. The first-order chi connectivity index (χ1) is 27.2. The Balaban J connectivity index is 0.000000202. The number of nitrogens with zero attached hydrogens (tertiary/aromatic N) is 3. The predicted molar refractivity (Wildman–Crippen MR) is 222 cm³/mol. The highest BCUT2D eigenvalue weighted by atomic mass is 16.6. The summed E-state index contributed by atoms with van der Waals surface area (Å²) in [5.74, 6) is 0.232. The second-order valence-electron chi connectivity index (χ2n) is 14.6. The molecule has 3 aromatic carbocycles. The zero-order valence-electron chi connectivity index (χ0n) is 32.8. The molecule has 5 aromatic rings. The minimum absolute atomic E-state index is 0.0862. The Kier molecular flexibility index (Phi) is 13.5. The van der Waals surface area contributed by atoms with Crippen LogP contribution in [0.25, 0.3) is 11.1 Å². The number of pyridine rings is 2. The smallest absolute Gasteiger partial charge is 0.410 e. The van der Waals surface area contributed by atoms with Crippen molar-refractivity contribution in [3.05, 3.63) is 177 Å². The van der Waals surface area contributed by atoms with Crippen LogP contribution >= 0.6 is 0 Å². The molecule has 2 aliphatic rings. The van der Waals surface area contributed by atoms with E-state index in [4.69, 9.17) is 4.74 Å². The topological polar surface area (TPSA) is 101 Å². The molecule has 7 rings (SSSR count). The van der Waals surface area contributed by atoms with Crippen LogP contribution < -0.4 is 5.32 Å². The number of ether oxygens (including phenoxy) is 1. The first-order valence-corrected chi connectivity index (χ1v) is 19.3. The summed E-state index contributed by atoms with van der Waals surface area (Å²) < 4.78 is 5.52. The van der Waals surface area contributed by atoms with Gasteiger partial charge < -0.3 is 15.0 Å². The monoisotopic (exact) mass is 746 g/mol. The van der Waals surface area contributed by atoms with E-state index in [9.17, 15) is 14.4 Å². The third-order valence-corrected chi connectivity index (χ3v) is 10.6. The molecule has 1 N–H and O–H groups in total. The van der Waals surface area contributed by atoms with Crippen molar-refractivity contribution in [2.45, 2.75) is 60.0 Å². The van der Waals surface area contributed by atoms with Crippen LogP contribution in [0, 0.1) is 13.8 Å². The summed E-state index contributed by atoms with van der Waals surface area (Å²) in [6.45, 7) is 11.6. The van der Waals surface area contributed by atoms with Crippen molar-refractivity contribution in [1.29, 1.82) is 0 Å². The lowest BCUT2D eigenvalue weighted by molar-refractivity contribution is 0.0984. The van der Waals surface area contributed by atoms with E-state index in [-0.39, 0.29) is 24.3 Å². The van der Waals surface area contributed by atoms with E-state index >= 15 is 0 Å². The van der Waals surface area contributed by atoms with Gasteiger partial charge in [-0.3, -0.25) is 19.6 Å². The largest absolute Gasteiger partial charge is 0.445 e. The third-order valence-electron chi connectivity index (χ3n) is 10.6. The summed E-state index contributed by atoms with van der Waals surface area (Å²) >= 11 is 0. The summed E-state index contributed by atoms with van der Waals surface area (Å²) in [5.41, 5.74) is 13.9. The van der Waals surface area contributed by atoms with Crippen molar-refractivity contribution in [1.82, 2.24) is 20.2 Å². The fourth-order valence-electron chi connectivity index (χ4n) is 7.08. The minimum Gasteiger partial charge on any atom is -0.445 e. The standard InChI is InChI=1S/C28H28N2O3.C20H22N2O/c1-20-13-15-30(28(32)33-19-23-6-4-3-5-7-23)18-26(20)24-10-8-22(9-11-24)16-27(31)25-12-14-29-17-21(25)2;1-14-7-9-22-13-19(14)17-5-3-16(4-6-17)11-20(23)18-8-10-21-12-15(18)2/h3-12,14,17H,13,15-16,18-19H2,1-2H3;3-6,8,10,12,22H,7,9,11,13H2,1-2H3. The normalized spacial score (nSPS) is 14.2. The summed E-state index contributed by atoms with van der Waals surface area (Å²) in [4.78, 5) is 47.6. The summed E-state index contributed by atoms with van der Waals surface area (Å²) in [6, 6.07) is 29.8. The maximum atomic E-state index is 12.7. The number of carbonyl (C=O) groups excluding carboxylic acids is 3. The molecular weight excluding hydrogens is 697 g/mol. The molecule has 2 aromatic heterocycles. The first kappa shape index (κ1) is 39.7. The van der Waals surface area contributed by atoms with Crippen molar-refractivity contribution in [3.8, 4) is 0 Å². The number of ketones is 2. The molecule has 4 heterocycles. The van der Waals surface area contributed by atoms with Gasteiger partial charge in [0.25, 0.3) is 0 Å². The molecular formula is C48H50N4O4. The van der Waals surface area contributed by atoms with Crippen LogP contribution in [0.3, 0.4) is 0 Å². The Bertz CT molecular complexity index is 2220. The Hall–Kier alpha value is -5.99. The Morgan fingerprint density at radius 3 is 1.71 bits per heavy atom. The molecule has 0 bridgehead atoms. The lowest BCUT2D eigenvalue weighted by Gasteiger charge is -2.29. The lowest BCUT2D eigenvalue weighted by atomic mass is 9.93. The van der Waals surface area contributed by atoms with Gasteiger partial charge in [0, 0.05) is 68.4 Å². The van der Waals surface area contributed by atoms with Gasteiger partial charge in [-0.25, -0.2) is 4.79 Å². The van der Waals surface area contributed by atoms with Crippen molar-refractivity contribution in [3.63, 3.8) is 0 Å². The summed E-state index contributed by atoms with van der Waals surface area (Å²) in [6.07, 6.45) is 9.19. The van der Waals surface area contributed by atoms with Crippen LogP contribution in [0.15, 0.2) is 127 Å². The highest BCUT2D eigenvalue weighted by molar-refractivity contribution is 5.99. The quantitative estimate of drug-likeness (QED) is 0.142. The molecule has 0 fully saturated rings. The number of hydrogen-bond donors (Lipinski definition) is 1. The van der Waals surface area contributed by atoms with E-state index in [1.807, 2.05) is 68.4 Å². The van der Waals surface area contributed by atoms with E-state index < -0.39 is 0 Å². The average molecular weight is 747 g/mol. The van der Waals surface area contributed by atoms with Crippen molar-refractivity contribution >= 4 is 28.8 Å². The number of amides is 1. The average Bonchev–Trinajstić information content (AvgIpc) is 3.22. The van der Waals surface area contributed by atoms with Crippen LogP contribution in [0.1, 0.15) is 86.3 Å². The SMILES string of the molecule is CC1=C(c2ccc(CC(=O)c3ccncc3C)cc2)CN(C(=O)OCc2ccccc2)CC1.CC1=C(c2ccc(CC(=O)c3ccncc3C)cc2)CNCC1. The van der Waals surface area contributed by atoms with E-state index in [0.29, 0.717) is 31.5 Å². The number of carbonyl (C=O) groups is 3. The first-order valence-electron chi connectivity index (χ1n) is 19.3. The van der Waals surface area contributed by atoms with E-state index in [0.717, 1.165) is 70.4 Å². The van der Waals surface area contributed by atoms with Crippen LogP contribution in [-0.2, 0) is 24.2 Å². The maximum Gasteiger partial charge on any atom is 0.410 e. The Morgan fingerprint density at radius 2 is 1.18 bits per heavy atom. The lowest BCUT2D eigenvalue weighted by Crippen LogP contribution is -2.36. The minimum atomic E-state index is -0.293. The maximum absolute atomic E-state index is 12.7. The zero-order chi connectivity index (χ0) is 39.4. The fourth-order valence-corrected chi connectivity index (χ4v) is 7.08. The number of nitrogens with one attached hydrogen (secondary N) is 1. The third kappa shape index (κ3) is 10.4. The highest BCUT2D eigenvalue weighted by Crippen LogP contribution is 2.28. The van der Waals surface area contributed by atoms with Gasteiger partial charge in [0.2, 0.25) is 0 Å². The summed E-state index contributed by atoms with van der Waals surface area (Å²) in [5, 5.41) is 3.42. The molecule has 0 spiro atoms. The molecule has 0 radical (unpaired) electrons. The predicted octanol–water partition coefficient (Wildman–Crippen LogP) is 9.21. The van der Waals surface area contributed by atoms with Gasteiger partial charge in [0.05, 0.1) is 0 Å². The van der Waals surface area contributed by atoms with Crippen LogP contribution in [-0.4, -0.2) is 58.7 Å². The Labute approximate surface area is 330 Å². The second-order valence-corrected chi connectivity index (χ2v) is 14.6. The highest BCUT2D eigenvalue weighted by Gasteiger charge is 2.23. The van der Waals surface area contributed by atoms with Crippen molar-refractivity contribution < 1.29 is 19.1 Å².